The van der Waals surface area contributed by atoms with Gasteiger partial charge in [0.05, 0.1) is 6.42 Å². The van der Waals surface area contributed by atoms with Gasteiger partial charge in [-0.2, -0.15) is 0 Å². The number of carbonyl (C=O) groups excluding carboxylic acids is 1. The molecule has 0 aliphatic heterocycles. The molecule has 80 valence electrons. The number of nitrogens with zero attached hydrogens (tertiary/aromatic N) is 1. The standard InChI is InChI=1S/C10H12N2O3/c1-7(10(14)15)12-9(13)5-8-3-2-4-11-6-8/h2-4,6-7H,5H2,1H3,(H,12,13)(H,14,15)/t7-/m1/s1. The molecular weight excluding hydrogens is 196 g/mol. The van der Waals surface area contributed by atoms with Crippen molar-refractivity contribution in [2.45, 2.75) is 19.4 Å². The summed E-state index contributed by atoms with van der Waals surface area (Å²) in [5, 5.41) is 10.9. The highest BCUT2D eigenvalue weighted by molar-refractivity contribution is 5.84. The molecule has 5 heteroatoms. The zero-order valence-electron chi connectivity index (χ0n) is 8.30. The summed E-state index contributed by atoms with van der Waals surface area (Å²) in [5.74, 6) is -1.37. The van der Waals surface area contributed by atoms with Crippen LogP contribution in [0.1, 0.15) is 12.5 Å². The molecule has 1 amide bonds. The minimum atomic E-state index is -1.05. The molecule has 0 fully saturated rings. The molecule has 0 bridgehead atoms. The van der Waals surface area contributed by atoms with Crippen molar-refractivity contribution in [3.63, 3.8) is 0 Å². The lowest BCUT2D eigenvalue weighted by Crippen LogP contribution is -2.39. The summed E-state index contributed by atoms with van der Waals surface area (Å²) in [6.07, 6.45) is 3.33. The van der Waals surface area contributed by atoms with Gasteiger partial charge in [0.1, 0.15) is 6.04 Å². The Hall–Kier alpha value is -1.91. The Morgan fingerprint density at radius 3 is 2.87 bits per heavy atom. The highest BCUT2D eigenvalue weighted by atomic mass is 16.4. The number of carbonyl (C=O) groups is 2. The van der Waals surface area contributed by atoms with E-state index in [1.807, 2.05) is 0 Å². The topological polar surface area (TPSA) is 79.3 Å². The van der Waals surface area contributed by atoms with E-state index in [0.717, 1.165) is 5.56 Å². The third kappa shape index (κ3) is 3.76. The van der Waals surface area contributed by atoms with Gasteiger partial charge in [-0.3, -0.25) is 14.6 Å². The van der Waals surface area contributed by atoms with E-state index in [-0.39, 0.29) is 12.3 Å². The van der Waals surface area contributed by atoms with Gasteiger partial charge in [0.2, 0.25) is 5.91 Å². The van der Waals surface area contributed by atoms with Gasteiger partial charge in [-0.15, -0.1) is 0 Å². The maximum Gasteiger partial charge on any atom is 0.325 e. The van der Waals surface area contributed by atoms with Gasteiger partial charge < -0.3 is 10.4 Å². The Morgan fingerprint density at radius 1 is 1.60 bits per heavy atom. The first-order chi connectivity index (χ1) is 7.09. The molecule has 0 aromatic carbocycles. The molecule has 2 N–H and O–H groups in total. The van der Waals surface area contributed by atoms with Crippen LogP contribution in [0.2, 0.25) is 0 Å². The summed E-state index contributed by atoms with van der Waals surface area (Å²) in [7, 11) is 0. The van der Waals surface area contributed by atoms with Gasteiger partial charge in [0.25, 0.3) is 0 Å². The van der Waals surface area contributed by atoms with Crippen molar-refractivity contribution in [3.05, 3.63) is 30.1 Å². The van der Waals surface area contributed by atoms with Gasteiger partial charge in [-0.05, 0) is 18.6 Å². The summed E-state index contributed by atoms with van der Waals surface area (Å²) in [5.41, 5.74) is 0.757. The van der Waals surface area contributed by atoms with Crippen LogP contribution in [0.15, 0.2) is 24.5 Å². The van der Waals surface area contributed by atoms with Gasteiger partial charge in [0, 0.05) is 12.4 Å². The van der Waals surface area contributed by atoms with E-state index in [4.69, 9.17) is 5.11 Å². The highest BCUT2D eigenvalue weighted by Crippen LogP contribution is 1.97. The quantitative estimate of drug-likeness (QED) is 0.741. The maximum absolute atomic E-state index is 11.3. The van der Waals surface area contributed by atoms with Gasteiger partial charge in [-0.25, -0.2) is 0 Å². The second-order valence-electron chi connectivity index (χ2n) is 3.17. The number of aliphatic carboxylic acids is 1. The van der Waals surface area contributed by atoms with E-state index < -0.39 is 12.0 Å². The molecule has 0 radical (unpaired) electrons. The predicted molar refractivity (Wildman–Crippen MR) is 53.2 cm³/mol. The third-order valence-corrected chi connectivity index (χ3v) is 1.84. The Balaban J connectivity index is 2.47. The molecule has 1 aromatic heterocycles. The number of hydrogen-bond acceptors (Lipinski definition) is 3. The minimum Gasteiger partial charge on any atom is -0.480 e. The zero-order valence-corrected chi connectivity index (χ0v) is 8.30. The minimum absolute atomic E-state index is 0.144. The molecule has 0 aliphatic carbocycles. The summed E-state index contributed by atoms with van der Waals surface area (Å²) >= 11 is 0. The van der Waals surface area contributed by atoms with Crippen molar-refractivity contribution in [2.24, 2.45) is 0 Å². The predicted octanol–water partition coefficient (Wildman–Crippen LogP) is 0.213. The Bertz CT molecular complexity index is 351. The summed E-state index contributed by atoms with van der Waals surface area (Å²) < 4.78 is 0. The number of carboxylic acid groups (broad SMARTS) is 1. The average molecular weight is 208 g/mol. The molecule has 0 unspecified atom stereocenters. The fourth-order valence-corrected chi connectivity index (χ4v) is 1.04. The van der Waals surface area contributed by atoms with E-state index in [2.05, 4.69) is 10.3 Å². The monoisotopic (exact) mass is 208 g/mol. The van der Waals surface area contributed by atoms with E-state index in [1.165, 1.54) is 6.92 Å². The Morgan fingerprint density at radius 2 is 2.33 bits per heavy atom. The molecule has 1 aromatic rings. The zero-order chi connectivity index (χ0) is 11.3. The van der Waals surface area contributed by atoms with Crippen LogP contribution in [0.3, 0.4) is 0 Å². The fourth-order valence-electron chi connectivity index (χ4n) is 1.04. The van der Waals surface area contributed by atoms with Crippen LogP contribution in [0.4, 0.5) is 0 Å². The number of hydrogen-bond donors (Lipinski definition) is 2. The number of rotatable bonds is 4. The van der Waals surface area contributed by atoms with Gasteiger partial charge in [0.15, 0.2) is 0 Å². The molecule has 1 atom stereocenters. The SMILES string of the molecule is C[C@@H](NC(=O)Cc1cccnc1)C(=O)O. The first kappa shape index (κ1) is 11.2. The lowest BCUT2D eigenvalue weighted by molar-refractivity contribution is -0.141. The van der Waals surface area contributed by atoms with Crippen LogP contribution in [-0.2, 0) is 16.0 Å². The lowest BCUT2D eigenvalue weighted by Gasteiger charge is -2.08. The normalized spacial score (nSPS) is 11.8. The van der Waals surface area contributed by atoms with E-state index >= 15 is 0 Å². The molecule has 0 aliphatic rings. The van der Waals surface area contributed by atoms with Crippen LogP contribution in [0.5, 0.6) is 0 Å². The Labute approximate surface area is 87.1 Å². The molecule has 5 nitrogen and oxygen atoms in total. The number of amides is 1. The van der Waals surface area contributed by atoms with Gasteiger partial charge in [-0.1, -0.05) is 6.07 Å². The van der Waals surface area contributed by atoms with Crippen molar-refractivity contribution in [2.75, 3.05) is 0 Å². The first-order valence-corrected chi connectivity index (χ1v) is 4.50. The largest absolute Gasteiger partial charge is 0.480 e. The van der Waals surface area contributed by atoms with Crippen molar-refractivity contribution in [1.29, 1.82) is 0 Å². The van der Waals surface area contributed by atoms with E-state index in [1.54, 1.807) is 24.5 Å². The smallest absolute Gasteiger partial charge is 0.325 e. The number of nitrogens with one attached hydrogen (secondary N) is 1. The summed E-state index contributed by atoms with van der Waals surface area (Å²) in [4.78, 5) is 25.6. The second-order valence-corrected chi connectivity index (χ2v) is 3.17. The van der Waals surface area contributed by atoms with Crippen LogP contribution in [-0.4, -0.2) is 28.0 Å². The summed E-state index contributed by atoms with van der Waals surface area (Å²) in [6.45, 7) is 1.42. The van der Waals surface area contributed by atoms with Gasteiger partial charge >= 0.3 is 5.97 Å². The van der Waals surface area contributed by atoms with Crippen LogP contribution < -0.4 is 5.32 Å². The van der Waals surface area contributed by atoms with Crippen molar-refractivity contribution in [3.8, 4) is 0 Å². The molecule has 0 spiro atoms. The number of carboxylic acids is 1. The number of pyridine rings is 1. The highest BCUT2D eigenvalue weighted by Gasteiger charge is 2.13. The molecule has 1 rings (SSSR count). The maximum atomic E-state index is 11.3. The van der Waals surface area contributed by atoms with E-state index in [0.29, 0.717) is 0 Å². The molecule has 0 saturated carbocycles. The Kier molecular flexibility index (Phi) is 3.79. The molecule has 15 heavy (non-hydrogen) atoms. The second kappa shape index (κ2) is 5.09. The molecular formula is C10H12N2O3. The third-order valence-electron chi connectivity index (χ3n) is 1.84. The lowest BCUT2D eigenvalue weighted by atomic mass is 10.2. The fraction of sp³-hybridized carbons (Fsp3) is 0.300. The van der Waals surface area contributed by atoms with Crippen LogP contribution >= 0.6 is 0 Å². The van der Waals surface area contributed by atoms with Crippen LogP contribution in [0.25, 0.3) is 0 Å². The van der Waals surface area contributed by atoms with Crippen molar-refractivity contribution < 1.29 is 14.7 Å². The number of aromatic nitrogens is 1. The molecule has 0 saturated heterocycles. The first-order valence-electron chi connectivity index (χ1n) is 4.50. The van der Waals surface area contributed by atoms with Crippen molar-refractivity contribution in [1.82, 2.24) is 10.3 Å². The molecule has 1 heterocycles. The van der Waals surface area contributed by atoms with Crippen molar-refractivity contribution >= 4 is 11.9 Å². The summed E-state index contributed by atoms with van der Waals surface area (Å²) in [6, 6.07) is 2.62. The van der Waals surface area contributed by atoms with E-state index in [9.17, 15) is 9.59 Å². The van der Waals surface area contributed by atoms with Crippen LogP contribution in [0, 0.1) is 0 Å². The average Bonchev–Trinajstić information content (AvgIpc) is 2.18.